The number of alkyl halides is 3. The van der Waals surface area contributed by atoms with Gasteiger partial charge < -0.3 is 15.7 Å². The lowest BCUT2D eigenvalue weighted by Crippen LogP contribution is -2.38. The van der Waals surface area contributed by atoms with Crippen LogP contribution in [0.3, 0.4) is 0 Å². The van der Waals surface area contributed by atoms with E-state index in [0.717, 1.165) is 12.5 Å². The summed E-state index contributed by atoms with van der Waals surface area (Å²) in [5, 5.41) is 14.9. The van der Waals surface area contributed by atoms with E-state index in [1.807, 2.05) is 0 Å². The van der Waals surface area contributed by atoms with Crippen molar-refractivity contribution in [1.29, 1.82) is 0 Å². The van der Waals surface area contributed by atoms with E-state index in [2.05, 4.69) is 15.6 Å². The number of carbonyl (C=O) groups is 1. The predicted octanol–water partition coefficient (Wildman–Crippen LogP) is 1.88. The zero-order chi connectivity index (χ0) is 16.1. The van der Waals surface area contributed by atoms with Crippen molar-refractivity contribution in [3.05, 3.63) is 23.4 Å². The third-order valence-electron chi connectivity index (χ3n) is 4.46. The van der Waals surface area contributed by atoms with Gasteiger partial charge in [0.05, 0.1) is 12.6 Å². The summed E-state index contributed by atoms with van der Waals surface area (Å²) in [6.45, 7) is 1.59. The molecule has 2 fully saturated rings. The zero-order valence-electron chi connectivity index (χ0n) is 12.3. The molecule has 1 aromatic rings. The van der Waals surface area contributed by atoms with Crippen LogP contribution in [0.15, 0.2) is 12.1 Å². The van der Waals surface area contributed by atoms with Crippen molar-refractivity contribution in [3.8, 4) is 0 Å². The standard InChI is InChI=1S/C14H16F3N3O2.ClH/c1-7-2-3-9(14(15,16)17)19-11(7)20-12(22)8-4-13(6-21)5-10(13)18-8;/h2-3,8,10,18,21H,4-6H2,1H3,(H,19,20,22);1H/t8-,10-,13+;/m0./s1. The topological polar surface area (TPSA) is 74.2 Å². The van der Waals surface area contributed by atoms with Crippen LogP contribution in [0.4, 0.5) is 19.0 Å². The number of rotatable bonds is 3. The van der Waals surface area contributed by atoms with E-state index in [0.29, 0.717) is 12.0 Å². The lowest BCUT2D eigenvalue weighted by atomic mass is 10.0. The van der Waals surface area contributed by atoms with Gasteiger partial charge in [-0.1, -0.05) is 6.07 Å². The summed E-state index contributed by atoms with van der Waals surface area (Å²) in [5.74, 6) is -0.504. The highest BCUT2D eigenvalue weighted by molar-refractivity contribution is 5.95. The van der Waals surface area contributed by atoms with E-state index >= 15 is 0 Å². The molecule has 1 aliphatic carbocycles. The number of aliphatic hydroxyl groups is 1. The number of amides is 1. The minimum atomic E-state index is -4.55. The van der Waals surface area contributed by atoms with Crippen LogP contribution < -0.4 is 10.6 Å². The Morgan fingerprint density at radius 1 is 1.48 bits per heavy atom. The first kappa shape index (κ1) is 18.0. The number of pyridine rings is 1. The number of piperidine rings is 1. The number of nitrogens with zero attached hydrogens (tertiary/aromatic N) is 1. The summed E-state index contributed by atoms with van der Waals surface area (Å²) < 4.78 is 38.0. The van der Waals surface area contributed by atoms with Gasteiger partial charge in [0, 0.05) is 11.5 Å². The summed E-state index contributed by atoms with van der Waals surface area (Å²) in [5.41, 5.74) is -0.818. The van der Waals surface area contributed by atoms with Crippen LogP contribution in [0, 0.1) is 12.3 Å². The number of hydrogen-bond acceptors (Lipinski definition) is 4. The summed E-state index contributed by atoms with van der Waals surface area (Å²) in [7, 11) is 0. The molecule has 2 heterocycles. The Kier molecular flexibility index (Phi) is 4.62. The molecular formula is C14H17ClF3N3O2. The summed E-state index contributed by atoms with van der Waals surface area (Å²) in [6.07, 6.45) is -3.24. The lowest BCUT2D eigenvalue weighted by Gasteiger charge is -2.16. The summed E-state index contributed by atoms with van der Waals surface area (Å²) in [6, 6.07) is 1.76. The molecule has 1 saturated carbocycles. The molecule has 0 bridgehead atoms. The Labute approximate surface area is 137 Å². The van der Waals surface area contributed by atoms with Crippen molar-refractivity contribution in [1.82, 2.24) is 10.3 Å². The maximum Gasteiger partial charge on any atom is 0.433 e. The number of aryl methyl sites for hydroxylation is 1. The molecule has 128 valence electrons. The summed E-state index contributed by atoms with van der Waals surface area (Å²) >= 11 is 0. The first-order chi connectivity index (χ1) is 10.2. The number of carbonyl (C=O) groups excluding carboxylic acids is 1. The van der Waals surface area contributed by atoms with Crippen LogP contribution in [0.25, 0.3) is 0 Å². The Balaban J connectivity index is 0.00000192. The molecule has 3 rings (SSSR count). The van der Waals surface area contributed by atoms with Crippen molar-refractivity contribution in [2.24, 2.45) is 5.41 Å². The van der Waals surface area contributed by atoms with Crippen LogP contribution >= 0.6 is 12.4 Å². The minimum Gasteiger partial charge on any atom is -0.396 e. The number of fused-ring (bicyclic) bond motifs is 1. The molecule has 0 spiro atoms. The van der Waals surface area contributed by atoms with E-state index < -0.39 is 23.8 Å². The molecule has 1 amide bonds. The molecule has 3 atom stereocenters. The predicted molar refractivity (Wildman–Crippen MR) is 79.3 cm³/mol. The molecule has 3 N–H and O–H groups in total. The first-order valence-corrected chi connectivity index (χ1v) is 6.98. The fourth-order valence-corrected chi connectivity index (χ4v) is 2.94. The second-order valence-corrected chi connectivity index (χ2v) is 6.05. The van der Waals surface area contributed by atoms with E-state index in [1.165, 1.54) is 6.07 Å². The average molecular weight is 352 g/mol. The molecule has 2 aliphatic rings. The highest BCUT2D eigenvalue weighted by Gasteiger charge is 2.61. The van der Waals surface area contributed by atoms with Crippen molar-refractivity contribution >= 4 is 24.1 Å². The molecule has 9 heteroatoms. The Morgan fingerprint density at radius 3 is 2.74 bits per heavy atom. The van der Waals surface area contributed by atoms with Crippen molar-refractivity contribution in [2.45, 2.75) is 38.0 Å². The van der Waals surface area contributed by atoms with Crippen molar-refractivity contribution in [2.75, 3.05) is 11.9 Å². The third kappa shape index (κ3) is 3.29. The second-order valence-electron chi connectivity index (χ2n) is 6.05. The molecule has 0 radical (unpaired) electrons. The van der Waals surface area contributed by atoms with Gasteiger partial charge in [-0.05, 0) is 31.4 Å². The highest BCUT2D eigenvalue weighted by atomic mass is 35.5. The van der Waals surface area contributed by atoms with Gasteiger partial charge in [-0.15, -0.1) is 12.4 Å². The largest absolute Gasteiger partial charge is 0.433 e. The van der Waals surface area contributed by atoms with Crippen LogP contribution in [-0.4, -0.2) is 34.7 Å². The fourth-order valence-electron chi connectivity index (χ4n) is 2.94. The minimum absolute atomic E-state index is 0. The monoisotopic (exact) mass is 351 g/mol. The number of aromatic nitrogens is 1. The van der Waals surface area contributed by atoms with Gasteiger partial charge in [-0.25, -0.2) is 4.98 Å². The fraction of sp³-hybridized carbons (Fsp3) is 0.571. The quantitative estimate of drug-likeness (QED) is 0.777. The number of halogens is 4. The van der Waals surface area contributed by atoms with E-state index in [9.17, 15) is 23.1 Å². The van der Waals surface area contributed by atoms with Crippen molar-refractivity contribution < 1.29 is 23.1 Å². The van der Waals surface area contributed by atoms with Crippen LogP contribution in [0.5, 0.6) is 0 Å². The van der Waals surface area contributed by atoms with Gasteiger partial charge in [0.1, 0.15) is 11.5 Å². The highest BCUT2D eigenvalue weighted by Crippen LogP contribution is 2.54. The van der Waals surface area contributed by atoms with Gasteiger partial charge in [-0.3, -0.25) is 4.79 Å². The second kappa shape index (κ2) is 5.92. The molecule has 5 nitrogen and oxygen atoms in total. The SMILES string of the molecule is Cc1ccc(C(F)(F)F)nc1NC(=O)[C@@H]1C[C@]2(CO)C[C@@H]2N1.Cl. The van der Waals surface area contributed by atoms with Gasteiger partial charge >= 0.3 is 6.18 Å². The number of anilines is 1. The van der Waals surface area contributed by atoms with Gasteiger partial charge in [-0.2, -0.15) is 13.2 Å². The zero-order valence-corrected chi connectivity index (χ0v) is 13.1. The number of nitrogens with one attached hydrogen (secondary N) is 2. The molecule has 0 unspecified atom stereocenters. The molecule has 1 saturated heterocycles. The first-order valence-electron chi connectivity index (χ1n) is 6.98. The molecule has 1 aromatic heterocycles. The molecular weight excluding hydrogens is 335 g/mol. The number of hydrogen-bond donors (Lipinski definition) is 3. The maximum absolute atomic E-state index is 12.7. The van der Waals surface area contributed by atoms with Gasteiger partial charge in [0.25, 0.3) is 0 Å². The van der Waals surface area contributed by atoms with Gasteiger partial charge in [0.15, 0.2) is 0 Å². The normalized spacial score (nSPS) is 28.7. The molecule has 23 heavy (non-hydrogen) atoms. The molecule has 0 aromatic carbocycles. The van der Waals surface area contributed by atoms with Gasteiger partial charge in [0.2, 0.25) is 5.91 Å². The Hall–Kier alpha value is -1.38. The van der Waals surface area contributed by atoms with Crippen LogP contribution in [-0.2, 0) is 11.0 Å². The lowest BCUT2D eigenvalue weighted by molar-refractivity contribution is -0.141. The average Bonchev–Trinajstić information content (AvgIpc) is 3.01. The third-order valence-corrected chi connectivity index (χ3v) is 4.46. The Bertz CT molecular complexity index is 622. The van der Waals surface area contributed by atoms with Crippen LogP contribution in [0.1, 0.15) is 24.1 Å². The smallest absolute Gasteiger partial charge is 0.396 e. The Morgan fingerprint density at radius 2 is 2.17 bits per heavy atom. The van der Waals surface area contributed by atoms with E-state index in [-0.39, 0.29) is 36.3 Å². The van der Waals surface area contributed by atoms with Crippen molar-refractivity contribution in [3.63, 3.8) is 0 Å². The molecule has 1 aliphatic heterocycles. The maximum atomic E-state index is 12.7. The summed E-state index contributed by atoms with van der Waals surface area (Å²) in [4.78, 5) is 15.7. The van der Waals surface area contributed by atoms with E-state index in [1.54, 1.807) is 6.92 Å². The van der Waals surface area contributed by atoms with E-state index in [4.69, 9.17) is 0 Å². The number of aliphatic hydroxyl groups excluding tert-OH is 1. The van der Waals surface area contributed by atoms with Crippen LogP contribution in [0.2, 0.25) is 0 Å².